The Balaban J connectivity index is 2.13. The van der Waals surface area contributed by atoms with E-state index >= 15 is 0 Å². The summed E-state index contributed by atoms with van der Waals surface area (Å²) in [5, 5.41) is 4.18. The monoisotopic (exact) mass is 114 g/mol. The summed E-state index contributed by atoms with van der Waals surface area (Å²) in [7, 11) is 0. The molecule has 0 aromatic heterocycles. The number of nitrogens with two attached hydrogens (primary N) is 1. The molecule has 2 N–H and O–H groups in total. The standard InChI is InChI=1S/C5H12N3/c6-5-8-3-1-7-2-4-8/h1-6H2. The lowest BCUT2D eigenvalue weighted by atomic mass is 10.4. The molecule has 0 aliphatic carbocycles. The third-order valence-electron chi connectivity index (χ3n) is 1.41. The molecule has 0 aromatic rings. The fourth-order valence-electron chi connectivity index (χ4n) is 0.830. The Bertz CT molecular complexity index is 58.7. The lowest BCUT2D eigenvalue weighted by Gasteiger charge is -2.23. The van der Waals surface area contributed by atoms with Crippen LogP contribution < -0.4 is 11.1 Å². The molecule has 1 heterocycles. The fourth-order valence-corrected chi connectivity index (χ4v) is 0.830. The van der Waals surface area contributed by atoms with Crippen molar-refractivity contribution in [3.05, 3.63) is 0 Å². The number of rotatable bonds is 1. The van der Waals surface area contributed by atoms with Crippen LogP contribution in [-0.2, 0) is 0 Å². The van der Waals surface area contributed by atoms with Crippen molar-refractivity contribution in [3.63, 3.8) is 0 Å². The molecular formula is C5H12N3. The summed E-state index contributed by atoms with van der Waals surface area (Å²) in [6, 6.07) is 0. The van der Waals surface area contributed by atoms with Gasteiger partial charge in [0.05, 0.1) is 0 Å². The van der Waals surface area contributed by atoms with Gasteiger partial charge < -0.3 is 5.73 Å². The van der Waals surface area contributed by atoms with Gasteiger partial charge in [0.2, 0.25) is 0 Å². The minimum Gasteiger partial charge on any atom is -0.318 e. The summed E-state index contributed by atoms with van der Waals surface area (Å²) in [6.07, 6.45) is 0. The number of hydrogen-bond donors (Lipinski definition) is 1. The van der Waals surface area contributed by atoms with E-state index in [0.717, 1.165) is 26.2 Å². The average Bonchev–Trinajstić information content (AvgIpc) is 1.90. The van der Waals surface area contributed by atoms with Gasteiger partial charge in [-0.25, -0.2) is 5.32 Å². The van der Waals surface area contributed by atoms with Gasteiger partial charge >= 0.3 is 0 Å². The maximum Gasteiger partial charge on any atom is 0.0456 e. The van der Waals surface area contributed by atoms with Crippen LogP contribution in [-0.4, -0.2) is 37.7 Å². The zero-order valence-electron chi connectivity index (χ0n) is 5.01. The quantitative estimate of drug-likeness (QED) is 0.466. The van der Waals surface area contributed by atoms with Crippen LogP contribution in [0.5, 0.6) is 0 Å². The van der Waals surface area contributed by atoms with Gasteiger partial charge in [0.1, 0.15) is 0 Å². The zero-order valence-corrected chi connectivity index (χ0v) is 5.01. The molecule has 0 bridgehead atoms. The van der Waals surface area contributed by atoms with E-state index < -0.39 is 0 Å². The molecule has 1 saturated heterocycles. The highest BCUT2D eigenvalue weighted by atomic mass is 15.2. The van der Waals surface area contributed by atoms with E-state index in [1.54, 1.807) is 0 Å². The predicted octanol–water partition coefficient (Wildman–Crippen LogP) is -1.18. The van der Waals surface area contributed by atoms with Gasteiger partial charge in [-0.2, -0.15) is 0 Å². The van der Waals surface area contributed by atoms with E-state index in [4.69, 9.17) is 5.73 Å². The minimum atomic E-state index is 0.690. The highest BCUT2D eigenvalue weighted by Gasteiger charge is 2.06. The summed E-state index contributed by atoms with van der Waals surface area (Å²) in [5.41, 5.74) is 5.39. The Labute approximate surface area is 49.8 Å². The van der Waals surface area contributed by atoms with Crippen molar-refractivity contribution in [2.75, 3.05) is 32.8 Å². The molecule has 0 aromatic carbocycles. The van der Waals surface area contributed by atoms with E-state index in [9.17, 15) is 0 Å². The molecule has 0 unspecified atom stereocenters. The van der Waals surface area contributed by atoms with Gasteiger partial charge in [-0.3, -0.25) is 4.90 Å². The zero-order chi connectivity index (χ0) is 5.82. The molecule has 0 amide bonds. The van der Waals surface area contributed by atoms with Gasteiger partial charge in [-0.05, 0) is 0 Å². The van der Waals surface area contributed by atoms with Gasteiger partial charge in [0.25, 0.3) is 0 Å². The van der Waals surface area contributed by atoms with Crippen LogP contribution in [0.15, 0.2) is 0 Å². The van der Waals surface area contributed by atoms with Crippen LogP contribution in [0.4, 0.5) is 0 Å². The van der Waals surface area contributed by atoms with E-state index in [2.05, 4.69) is 10.2 Å². The molecule has 8 heavy (non-hydrogen) atoms. The van der Waals surface area contributed by atoms with Crippen LogP contribution in [0.3, 0.4) is 0 Å². The first-order valence-electron chi connectivity index (χ1n) is 2.99. The summed E-state index contributed by atoms with van der Waals surface area (Å²) in [6.45, 7) is 4.73. The van der Waals surface area contributed by atoms with Gasteiger partial charge in [-0.15, -0.1) is 0 Å². The third-order valence-corrected chi connectivity index (χ3v) is 1.41. The second-order valence-electron chi connectivity index (χ2n) is 1.97. The molecule has 1 fully saturated rings. The fraction of sp³-hybridized carbons (Fsp3) is 1.00. The molecule has 47 valence electrons. The Morgan fingerprint density at radius 3 is 2.38 bits per heavy atom. The van der Waals surface area contributed by atoms with E-state index in [-0.39, 0.29) is 0 Å². The number of hydrogen-bond acceptors (Lipinski definition) is 2. The van der Waals surface area contributed by atoms with E-state index in [1.165, 1.54) is 0 Å². The first-order valence-corrected chi connectivity index (χ1v) is 2.99. The Hall–Kier alpha value is -0.120. The van der Waals surface area contributed by atoms with Crippen molar-refractivity contribution < 1.29 is 0 Å². The summed E-state index contributed by atoms with van der Waals surface area (Å²) < 4.78 is 0. The first-order chi connectivity index (χ1) is 3.93. The normalized spacial score (nSPS) is 23.6. The van der Waals surface area contributed by atoms with Crippen molar-refractivity contribution >= 4 is 0 Å². The van der Waals surface area contributed by atoms with Crippen molar-refractivity contribution in [3.8, 4) is 0 Å². The Morgan fingerprint density at radius 1 is 1.38 bits per heavy atom. The van der Waals surface area contributed by atoms with Crippen LogP contribution in [0, 0.1) is 0 Å². The predicted molar refractivity (Wildman–Crippen MR) is 32.5 cm³/mol. The lowest BCUT2D eigenvalue weighted by Crippen LogP contribution is -2.42. The maximum atomic E-state index is 5.39. The van der Waals surface area contributed by atoms with Crippen molar-refractivity contribution in [1.29, 1.82) is 0 Å². The Kier molecular flexibility index (Phi) is 2.27. The molecular weight excluding hydrogens is 102 g/mol. The van der Waals surface area contributed by atoms with Crippen LogP contribution in [0.2, 0.25) is 0 Å². The van der Waals surface area contributed by atoms with E-state index in [0.29, 0.717) is 6.67 Å². The molecule has 0 saturated carbocycles. The maximum absolute atomic E-state index is 5.39. The SMILES string of the molecule is NCN1CC[N]CC1. The van der Waals surface area contributed by atoms with Gasteiger partial charge in [0, 0.05) is 32.8 Å². The summed E-state index contributed by atoms with van der Waals surface area (Å²) in [5.74, 6) is 0. The highest BCUT2D eigenvalue weighted by molar-refractivity contribution is 4.64. The third kappa shape index (κ3) is 1.43. The Morgan fingerprint density at radius 2 is 2.00 bits per heavy atom. The molecule has 1 radical (unpaired) electrons. The second kappa shape index (κ2) is 3.02. The van der Waals surface area contributed by atoms with Crippen molar-refractivity contribution in [1.82, 2.24) is 10.2 Å². The second-order valence-corrected chi connectivity index (χ2v) is 1.97. The van der Waals surface area contributed by atoms with Crippen LogP contribution in [0.25, 0.3) is 0 Å². The number of nitrogens with zero attached hydrogens (tertiary/aromatic N) is 2. The molecule has 3 heteroatoms. The molecule has 1 aliphatic rings. The molecule has 1 aliphatic heterocycles. The average molecular weight is 114 g/mol. The summed E-state index contributed by atoms with van der Waals surface area (Å²) >= 11 is 0. The van der Waals surface area contributed by atoms with Crippen LogP contribution >= 0.6 is 0 Å². The van der Waals surface area contributed by atoms with Crippen molar-refractivity contribution in [2.45, 2.75) is 0 Å². The minimum absolute atomic E-state index is 0.690. The van der Waals surface area contributed by atoms with Crippen molar-refractivity contribution in [2.24, 2.45) is 5.73 Å². The largest absolute Gasteiger partial charge is 0.318 e. The van der Waals surface area contributed by atoms with Gasteiger partial charge in [0.15, 0.2) is 0 Å². The summed E-state index contributed by atoms with van der Waals surface area (Å²) in [4.78, 5) is 2.20. The number of piperazine rings is 1. The first kappa shape index (κ1) is 6.01. The smallest absolute Gasteiger partial charge is 0.0456 e. The highest BCUT2D eigenvalue weighted by Crippen LogP contribution is 1.87. The molecule has 3 nitrogen and oxygen atoms in total. The van der Waals surface area contributed by atoms with Gasteiger partial charge in [-0.1, -0.05) is 0 Å². The lowest BCUT2D eigenvalue weighted by molar-refractivity contribution is 0.245. The van der Waals surface area contributed by atoms with E-state index in [1.807, 2.05) is 0 Å². The molecule has 1 rings (SSSR count). The molecule has 0 atom stereocenters. The topological polar surface area (TPSA) is 43.4 Å². The molecule has 0 spiro atoms. The van der Waals surface area contributed by atoms with Crippen LogP contribution in [0.1, 0.15) is 0 Å².